The molecule has 0 radical (unpaired) electrons. The van der Waals surface area contributed by atoms with Gasteiger partial charge in [0.1, 0.15) is 5.76 Å². The summed E-state index contributed by atoms with van der Waals surface area (Å²) >= 11 is 0. The molecule has 1 N–H and O–H groups in total. The second-order valence-corrected chi connectivity index (χ2v) is 5.12. The van der Waals surface area contributed by atoms with E-state index in [2.05, 4.69) is 5.32 Å². The zero-order valence-corrected chi connectivity index (χ0v) is 13.1. The summed E-state index contributed by atoms with van der Waals surface area (Å²) in [6, 6.07) is 11.2. The van der Waals surface area contributed by atoms with Gasteiger partial charge in [-0.05, 0) is 37.6 Å². The highest BCUT2D eigenvalue weighted by atomic mass is 16.5. The van der Waals surface area contributed by atoms with Crippen LogP contribution in [-0.4, -0.2) is 18.0 Å². The summed E-state index contributed by atoms with van der Waals surface area (Å²) < 4.78 is 10.2. The summed E-state index contributed by atoms with van der Waals surface area (Å²) in [5, 5.41) is 2.64. The molecular formula is C18H19NO4. The number of hydrogen-bond acceptors (Lipinski definition) is 4. The van der Waals surface area contributed by atoms with Crippen LogP contribution in [0.15, 0.2) is 53.2 Å². The minimum atomic E-state index is -0.875. The Bertz CT molecular complexity index is 672. The Morgan fingerprint density at radius 3 is 2.65 bits per heavy atom. The normalized spacial score (nSPS) is 12.1. The van der Waals surface area contributed by atoms with Gasteiger partial charge >= 0.3 is 5.97 Å². The Morgan fingerprint density at radius 2 is 2.00 bits per heavy atom. The second-order valence-electron chi connectivity index (χ2n) is 5.12. The molecule has 0 spiro atoms. The van der Waals surface area contributed by atoms with Crippen LogP contribution in [0, 0.1) is 6.92 Å². The lowest BCUT2D eigenvalue weighted by molar-refractivity contribution is -0.150. The fourth-order valence-electron chi connectivity index (χ4n) is 1.84. The first-order chi connectivity index (χ1) is 11.0. The minimum absolute atomic E-state index is 0.257. The Hall–Kier alpha value is -2.82. The van der Waals surface area contributed by atoms with Crippen molar-refractivity contribution in [2.24, 2.45) is 0 Å². The van der Waals surface area contributed by atoms with Gasteiger partial charge in [0.05, 0.1) is 12.8 Å². The molecule has 1 aromatic heterocycles. The predicted octanol–water partition coefficient (Wildman–Crippen LogP) is 2.85. The van der Waals surface area contributed by atoms with Gasteiger partial charge in [0, 0.05) is 6.08 Å². The average molecular weight is 313 g/mol. The Morgan fingerprint density at radius 1 is 1.26 bits per heavy atom. The van der Waals surface area contributed by atoms with Crippen molar-refractivity contribution < 1.29 is 18.7 Å². The fraction of sp³-hybridized carbons (Fsp3) is 0.222. The van der Waals surface area contributed by atoms with Crippen molar-refractivity contribution in [3.63, 3.8) is 0 Å². The number of aryl methyl sites for hydroxylation is 1. The van der Waals surface area contributed by atoms with Crippen LogP contribution in [0.4, 0.5) is 0 Å². The molecule has 23 heavy (non-hydrogen) atoms. The van der Waals surface area contributed by atoms with Crippen molar-refractivity contribution in [3.05, 3.63) is 65.6 Å². The maximum absolute atomic E-state index is 11.8. The molecule has 0 aliphatic carbocycles. The van der Waals surface area contributed by atoms with E-state index in [-0.39, 0.29) is 12.5 Å². The number of nitrogens with one attached hydrogen (secondary N) is 1. The summed E-state index contributed by atoms with van der Waals surface area (Å²) in [6.07, 6.45) is 3.61. The van der Waals surface area contributed by atoms with Gasteiger partial charge in [0.25, 0.3) is 5.91 Å². The molecule has 1 amide bonds. The van der Waals surface area contributed by atoms with Gasteiger partial charge in [-0.25, -0.2) is 4.79 Å². The summed E-state index contributed by atoms with van der Waals surface area (Å²) in [5.74, 6) is -0.305. The van der Waals surface area contributed by atoms with Gasteiger partial charge < -0.3 is 14.5 Å². The van der Waals surface area contributed by atoms with Crippen LogP contribution in [0.3, 0.4) is 0 Å². The lowest BCUT2D eigenvalue weighted by Gasteiger charge is -2.11. The number of carbonyl (C=O) groups excluding carboxylic acids is 2. The highest BCUT2D eigenvalue weighted by Gasteiger charge is 2.16. The molecule has 2 rings (SSSR count). The third-order valence-electron chi connectivity index (χ3n) is 3.17. The second kappa shape index (κ2) is 7.98. The topological polar surface area (TPSA) is 68.5 Å². The smallest absolute Gasteiger partial charge is 0.331 e. The van der Waals surface area contributed by atoms with Crippen LogP contribution in [0.1, 0.15) is 23.8 Å². The number of carbonyl (C=O) groups is 2. The van der Waals surface area contributed by atoms with Gasteiger partial charge in [0.15, 0.2) is 6.10 Å². The summed E-state index contributed by atoms with van der Waals surface area (Å²) in [7, 11) is 0. The standard InChI is InChI=1S/C18H19NO4/c1-13-5-7-15(8-6-13)9-10-17(20)23-14(2)18(21)19-12-16-4-3-11-22-16/h3-11,14H,12H2,1-2H3,(H,19,21)/b10-9+/t14-/m1/s1. The Labute approximate surface area is 134 Å². The molecule has 0 unspecified atom stereocenters. The minimum Gasteiger partial charge on any atom is -0.467 e. The summed E-state index contributed by atoms with van der Waals surface area (Å²) in [4.78, 5) is 23.6. The number of hydrogen-bond donors (Lipinski definition) is 1. The molecule has 120 valence electrons. The first kappa shape index (κ1) is 16.5. The van der Waals surface area contributed by atoms with Crippen molar-refractivity contribution in [2.45, 2.75) is 26.5 Å². The zero-order valence-electron chi connectivity index (χ0n) is 13.1. The van der Waals surface area contributed by atoms with Crippen LogP contribution < -0.4 is 5.32 Å². The highest BCUT2D eigenvalue weighted by Crippen LogP contribution is 2.06. The number of furan rings is 1. The van der Waals surface area contributed by atoms with E-state index in [0.717, 1.165) is 11.1 Å². The molecule has 0 saturated heterocycles. The summed E-state index contributed by atoms with van der Waals surface area (Å²) in [6.45, 7) is 3.77. The lowest BCUT2D eigenvalue weighted by atomic mass is 10.1. The first-order valence-electron chi connectivity index (χ1n) is 7.30. The first-order valence-corrected chi connectivity index (χ1v) is 7.30. The van der Waals surface area contributed by atoms with E-state index < -0.39 is 12.1 Å². The van der Waals surface area contributed by atoms with Gasteiger partial charge in [-0.2, -0.15) is 0 Å². The molecule has 0 aliphatic rings. The number of ether oxygens (including phenoxy) is 1. The van der Waals surface area contributed by atoms with Crippen molar-refractivity contribution in [1.29, 1.82) is 0 Å². The third-order valence-corrected chi connectivity index (χ3v) is 3.17. The third kappa shape index (κ3) is 5.47. The van der Waals surface area contributed by atoms with E-state index in [4.69, 9.17) is 9.15 Å². The van der Waals surface area contributed by atoms with Crippen LogP contribution in [0.2, 0.25) is 0 Å². The van der Waals surface area contributed by atoms with E-state index in [1.807, 2.05) is 31.2 Å². The largest absolute Gasteiger partial charge is 0.467 e. The molecule has 2 aromatic rings. The molecule has 5 heteroatoms. The van der Waals surface area contributed by atoms with Crippen LogP contribution in [-0.2, 0) is 20.9 Å². The van der Waals surface area contributed by atoms with E-state index in [1.54, 1.807) is 18.2 Å². The number of benzene rings is 1. The fourth-order valence-corrected chi connectivity index (χ4v) is 1.84. The highest BCUT2D eigenvalue weighted by molar-refractivity contribution is 5.90. The number of esters is 1. The van der Waals surface area contributed by atoms with E-state index >= 15 is 0 Å². The maximum Gasteiger partial charge on any atom is 0.331 e. The van der Waals surface area contributed by atoms with Gasteiger partial charge in [0.2, 0.25) is 0 Å². The van der Waals surface area contributed by atoms with Crippen molar-refractivity contribution in [1.82, 2.24) is 5.32 Å². The quantitative estimate of drug-likeness (QED) is 0.658. The van der Waals surface area contributed by atoms with Crippen molar-refractivity contribution in [3.8, 4) is 0 Å². The average Bonchev–Trinajstić information content (AvgIpc) is 3.05. The number of amides is 1. The van der Waals surface area contributed by atoms with Crippen molar-refractivity contribution in [2.75, 3.05) is 0 Å². The SMILES string of the molecule is Cc1ccc(/C=C/C(=O)O[C@H](C)C(=O)NCc2ccco2)cc1. The zero-order chi connectivity index (χ0) is 16.7. The predicted molar refractivity (Wildman–Crippen MR) is 86.3 cm³/mol. The Kier molecular flexibility index (Phi) is 5.74. The molecule has 0 fully saturated rings. The van der Waals surface area contributed by atoms with Gasteiger partial charge in [-0.1, -0.05) is 29.8 Å². The number of rotatable bonds is 6. The molecule has 1 aromatic carbocycles. The van der Waals surface area contributed by atoms with Crippen LogP contribution in [0.5, 0.6) is 0 Å². The Balaban J connectivity index is 1.79. The van der Waals surface area contributed by atoms with E-state index in [0.29, 0.717) is 5.76 Å². The molecule has 0 saturated carbocycles. The van der Waals surface area contributed by atoms with E-state index in [1.165, 1.54) is 19.3 Å². The molecule has 0 bridgehead atoms. The monoisotopic (exact) mass is 313 g/mol. The van der Waals surface area contributed by atoms with E-state index in [9.17, 15) is 9.59 Å². The summed E-state index contributed by atoms with van der Waals surface area (Å²) in [5.41, 5.74) is 2.04. The molecule has 5 nitrogen and oxygen atoms in total. The molecule has 1 heterocycles. The molecule has 1 atom stereocenters. The molecular weight excluding hydrogens is 294 g/mol. The van der Waals surface area contributed by atoms with Gasteiger partial charge in [-0.15, -0.1) is 0 Å². The van der Waals surface area contributed by atoms with Crippen molar-refractivity contribution >= 4 is 18.0 Å². The van der Waals surface area contributed by atoms with Crippen LogP contribution >= 0.6 is 0 Å². The molecule has 0 aliphatic heterocycles. The maximum atomic E-state index is 11.8. The lowest BCUT2D eigenvalue weighted by Crippen LogP contribution is -2.35. The van der Waals surface area contributed by atoms with Crippen LogP contribution in [0.25, 0.3) is 6.08 Å². The van der Waals surface area contributed by atoms with Gasteiger partial charge in [-0.3, -0.25) is 4.79 Å².